The van der Waals surface area contributed by atoms with Crippen LogP contribution >= 0.6 is 0 Å². The van der Waals surface area contributed by atoms with E-state index < -0.39 is 5.97 Å². The van der Waals surface area contributed by atoms with Gasteiger partial charge >= 0.3 is 5.97 Å². The molecule has 0 unspecified atom stereocenters. The molecule has 0 aliphatic carbocycles. The quantitative estimate of drug-likeness (QED) is 0.437. The molecule has 2 heterocycles. The lowest BCUT2D eigenvalue weighted by Gasteiger charge is -2.13. The Morgan fingerprint density at radius 1 is 1.03 bits per heavy atom. The number of aryl methyl sites for hydroxylation is 3. The molecule has 0 aliphatic rings. The van der Waals surface area contributed by atoms with Gasteiger partial charge in [-0.2, -0.15) is 9.78 Å². The van der Waals surface area contributed by atoms with Gasteiger partial charge in [-0.3, -0.25) is 4.79 Å². The van der Waals surface area contributed by atoms with Crippen LogP contribution in [0.5, 0.6) is 0 Å². The molecule has 1 amide bonds. The third kappa shape index (κ3) is 4.62. The second kappa shape index (κ2) is 9.24. The molecule has 0 saturated heterocycles. The van der Waals surface area contributed by atoms with Crippen LogP contribution in [0.25, 0.3) is 16.7 Å². The number of hydrogen-bond acceptors (Lipinski definition) is 5. The van der Waals surface area contributed by atoms with Crippen LogP contribution in [0.2, 0.25) is 0 Å². The molecule has 0 bridgehead atoms. The fourth-order valence-electron chi connectivity index (χ4n) is 3.89. The van der Waals surface area contributed by atoms with Crippen LogP contribution < -0.4 is 5.32 Å². The van der Waals surface area contributed by atoms with Gasteiger partial charge in [-0.15, -0.1) is 0 Å². The summed E-state index contributed by atoms with van der Waals surface area (Å²) in [5, 5.41) is 8.30. The lowest BCUT2D eigenvalue weighted by Crippen LogP contribution is -2.20. The topological polar surface area (TPSA) is 86.1 Å². The van der Waals surface area contributed by atoms with Crippen molar-refractivity contribution in [3.05, 3.63) is 82.5 Å². The average molecular weight is 443 g/mol. The van der Waals surface area contributed by atoms with Crippen molar-refractivity contribution in [2.75, 3.05) is 11.9 Å². The van der Waals surface area contributed by atoms with E-state index in [1.54, 1.807) is 6.92 Å². The molecule has 0 saturated carbocycles. The lowest BCUT2D eigenvalue weighted by molar-refractivity contribution is -0.115. The molecule has 0 radical (unpaired) electrons. The molecule has 4 rings (SSSR count). The largest absolute Gasteiger partial charge is 0.462 e. The van der Waals surface area contributed by atoms with Crippen LogP contribution in [-0.2, 0) is 16.0 Å². The third-order valence-electron chi connectivity index (χ3n) is 5.39. The van der Waals surface area contributed by atoms with Crippen LogP contribution in [0, 0.1) is 20.8 Å². The first-order valence-electron chi connectivity index (χ1n) is 10.8. The van der Waals surface area contributed by atoms with Crippen molar-refractivity contribution in [2.45, 2.75) is 34.1 Å². The van der Waals surface area contributed by atoms with E-state index >= 15 is 0 Å². The average Bonchev–Trinajstić information content (AvgIpc) is 3.18. The highest BCUT2D eigenvalue weighted by Gasteiger charge is 2.23. The zero-order valence-electron chi connectivity index (χ0n) is 19.2. The van der Waals surface area contributed by atoms with Gasteiger partial charge in [0, 0.05) is 5.39 Å². The van der Waals surface area contributed by atoms with Crippen molar-refractivity contribution in [3.8, 4) is 5.82 Å². The first-order chi connectivity index (χ1) is 15.9. The molecule has 7 heteroatoms. The number of hydrogen-bond donors (Lipinski definition) is 1. The van der Waals surface area contributed by atoms with Gasteiger partial charge in [-0.1, -0.05) is 42.0 Å². The summed E-state index contributed by atoms with van der Waals surface area (Å²) in [6.45, 7) is 8.03. The van der Waals surface area contributed by atoms with E-state index in [1.165, 1.54) is 10.9 Å². The maximum absolute atomic E-state index is 12.8. The number of amides is 1. The summed E-state index contributed by atoms with van der Waals surface area (Å²) in [4.78, 5) is 30.2. The maximum atomic E-state index is 12.8. The van der Waals surface area contributed by atoms with Crippen LogP contribution in [-0.4, -0.2) is 33.2 Å². The molecule has 2 aromatic carbocycles. The van der Waals surface area contributed by atoms with Crippen LogP contribution in [0.3, 0.4) is 0 Å². The lowest BCUT2D eigenvalue weighted by atomic mass is 10.0. The second-order valence-electron chi connectivity index (χ2n) is 8.03. The van der Waals surface area contributed by atoms with Gasteiger partial charge in [0.2, 0.25) is 5.91 Å². The van der Waals surface area contributed by atoms with E-state index in [0.717, 1.165) is 33.2 Å². The Kier molecular flexibility index (Phi) is 6.22. The zero-order valence-corrected chi connectivity index (χ0v) is 19.2. The summed E-state index contributed by atoms with van der Waals surface area (Å²) >= 11 is 0. The Morgan fingerprint density at radius 3 is 2.52 bits per heavy atom. The van der Waals surface area contributed by atoms with Crippen molar-refractivity contribution in [1.82, 2.24) is 14.8 Å². The molecule has 2 aromatic heterocycles. The van der Waals surface area contributed by atoms with Gasteiger partial charge in [0.1, 0.15) is 5.56 Å². The second-order valence-corrected chi connectivity index (χ2v) is 8.03. The van der Waals surface area contributed by atoms with E-state index in [2.05, 4.69) is 29.5 Å². The number of nitrogens with zero attached hydrogens (tertiary/aromatic N) is 3. The predicted molar refractivity (Wildman–Crippen MR) is 128 cm³/mol. The van der Waals surface area contributed by atoms with Gasteiger partial charge in [0.25, 0.3) is 0 Å². The molecule has 0 spiro atoms. The van der Waals surface area contributed by atoms with E-state index in [1.807, 2.05) is 50.2 Å². The molecule has 0 atom stereocenters. The number of anilines is 1. The standard InChI is InChI=1S/C26H26N4O3/c1-5-33-26(32)21-15-27-30(25(21)29-23(31)14-19-9-7-6-8-10-19)22-13-17(3)20-12-16(2)11-18(4)24(20)28-22/h6-13,15H,5,14H2,1-4H3,(H,29,31). The molecule has 7 nitrogen and oxygen atoms in total. The molecular formula is C26H26N4O3. The molecular weight excluding hydrogens is 416 g/mol. The van der Waals surface area contributed by atoms with E-state index in [-0.39, 0.29) is 30.3 Å². The summed E-state index contributed by atoms with van der Waals surface area (Å²) < 4.78 is 6.67. The normalized spacial score (nSPS) is 10.9. The van der Waals surface area contributed by atoms with E-state index in [0.29, 0.717) is 5.82 Å². The number of carbonyl (C=O) groups excluding carboxylic acids is 2. The predicted octanol–water partition coefficient (Wildman–Crippen LogP) is 4.70. The minimum Gasteiger partial charge on any atom is -0.462 e. The number of pyridine rings is 1. The molecule has 33 heavy (non-hydrogen) atoms. The number of ether oxygens (including phenoxy) is 1. The highest BCUT2D eigenvalue weighted by atomic mass is 16.5. The Bertz CT molecular complexity index is 1340. The first-order valence-corrected chi connectivity index (χ1v) is 10.8. The number of aromatic nitrogens is 3. The number of carbonyl (C=O) groups is 2. The number of nitrogens with one attached hydrogen (secondary N) is 1. The summed E-state index contributed by atoms with van der Waals surface area (Å²) in [6, 6.07) is 15.5. The Hall–Kier alpha value is -4.00. The van der Waals surface area contributed by atoms with E-state index in [9.17, 15) is 9.59 Å². The van der Waals surface area contributed by atoms with Gasteiger partial charge in [0.15, 0.2) is 11.6 Å². The first kappa shape index (κ1) is 22.2. The zero-order chi connectivity index (χ0) is 23.5. The molecule has 4 aromatic rings. The highest BCUT2D eigenvalue weighted by Crippen LogP contribution is 2.27. The van der Waals surface area contributed by atoms with Crippen LogP contribution in [0.15, 0.2) is 54.7 Å². The number of benzene rings is 2. The number of fused-ring (bicyclic) bond motifs is 1. The third-order valence-corrected chi connectivity index (χ3v) is 5.39. The maximum Gasteiger partial charge on any atom is 0.343 e. The molecule has 0 aliphatic heterocycles. The van der Waals surface area contributed by atoms with Crippen molar-refractivity contribution in [3.63, 3.8) is 0 Å². The molecule has 168 valence electrons. The Balaban J connectivity index is 1.78. The minimum absolute atomic E-state index is 0.164. The van der Waals surface area contributed by atoms with Crippen molar-refractivity contribution < 1.29 is 14.3 Å². The SMILES string of the molecule is CCOC(=O)c1cnn(-c2cc(C)c3cc(C)cc(C)c3n2)c1NC(=O)Cc1ccccc1. The molecule has 0 fully saturated rings. The highest BCUT2D eigenvalue weighted by molar-refractivity contribution is 6.01. The van der Waals surface area contributed by atoms with Crippen LogP contribution in [0.4, 0.5) is 5.82 Å². The van der Waals surface area contributed by atoms with Gasteiger partial charge in [0.05, 0.1) is 24.7 Å². The fraction of sp³-hybridized carbons (Fsp3) is 0.231. The van der Waals surface area contributed by atoms with Crippen molar-refractivity contribution in [1.29, 1.82) is 0 Å². The van der Waals surface area contributed by atoms with Gasteiger partial charge in [-0.25, -0.2) is 9.78 Å². The summed E-state index contributed by atoms with van der Waals surface area (Å²) in [5.74, 6) is -0.0659. The summed E-state index contributed by atoms with van der Waals surface area (Å²) in [6.07, 6.45) is 1.57. The number of esters is 1. The van der Waals surface area contributed by atoms with E-state index in [4.69, 9.17) is 9.72 Å². The smallest absolute Gasteiger partial charge is 0.343 e. The monoisotopic (exact) mass is 442 g/mol. The van der Waals surface area contributed by atoms with Crippen molar-refractivity contribution >= 4 is 28.6 Å². The number of rotatable bonds is 6. The Labute approximate surface area is 192 Å². The summed E-state index contributed by atoms with van der Waals surface area (Å²) in [7, 11) is 0. The fourth-order valence-corrected chi connectivity index (χ4v) is 3.89. The van der Waals surface area contributed by atoms with Gasteiger partial charge < -0.3 is 10.1 Å². The summed E-state index contributed by atoms with van der Waals surface area (Å²) in [5.41, 5.74) is 5.13. The molecule has 1 N–H and O–H groups in total. The Morgan fingerprint density at radius 2 is 1.79 bits per heavy atom. The van der Waals surface area contributed by atoms with Gasteiger partial charge in [-0.05, 0) is 56.5 Å². The minimum atomic E-state index is -0.553. The van der Waals surface area contributed by atoms with Crippen molar-refractivity contribution in [2.24, 2.45) is 0 Å². The van der Waals surface area contributed by atoms with Crippen LogP contribution in [0.1, 0.15) is 39.5 Å².